The number of carbonyl (C=O) groups is 2. The summed E-state index contributed by atoms with van der Waals surface area (Å²) in [6, 6.07) is 16.1. The third kappa shape index (κ3) is 4.21. The number of carbonyl (C=O) groups excluding carboxylic acids is 1. The summed E-state index contributed by atoms with van der Waals surface area (Å²) in [6.45, 7) is 1.71. The Labute approximate surface area is 167 Å². The summed E-state index contributed by atoms with van der Waals surface area (Å²) in [5.41, 5.74) is 0.714. The van der Waals surface area contributed by atoms with Gasteiger partial charge in [0, 0.05) is 13.5 Å². The molecule has 2 aromatic carbocycles. The number of rotatable bonds is 8. The van der Waals surface area contributed by atoms with E-state index in [-0.39, 0.29) is 12.5 Å². The molecule has 7 heteroatoms. The van der Waals surface area contributed by atoms with Crippen molar-refractivity contribution in [1.82, 2.24) is 10.3 Å². The first kappa shape index (κ1) is 20.0. The highest BCUT2D eigenvalue weighted by Crippen LogP contribution is 2.32. The van der Waals surface area contributed by atoms with Gasteiger partial charge in [0.25, 0.3) is 0 Å². The standard InChI is InChI=1S/C21H22N2O4S/c1-21(14-8-4-3-5-9-14,20(26)23-16(13-27-2)19(24)25)12-18-22-15-10-6-7-11-17(15)28-18/h3-11,16H,12-13H2,1-2H3,(H,23,26)(H,24,25). The summed E-state index contributed by atoms with van der Waals surface area (Å²) in [5.74, 6) is -1.51. The van der Waals surface area contributed by atoms with E-state index in [4.69, 9.17) is 4.74 Å². The fourth-order valence-corrected chi connectivity index (χ4v) is 4.20. The molecule has 1 heterocycles. The Balaban J connectivity index is 1.95. The van der Waals surface area contributed by atoms with E-state index in [2.05, 4.69) is 10.3 Å². The number of benzene rings is 2. The maximum Gasteiger partial charge on any atom is 0.328 e. The van der Waals surface area contributed by atoms with Crippen LogP contribution in [0.1, 0.15) is 17.5 Å². The predicted molar refractivity (Wildman–Crippen MR) is 109 cm³/mol. The van der Waals surface area contributed by atoms with Gasteiger partial charge in [-0.2, -0.15) is 0 Å². The highest BCUT2D eigenvalue weighted by molar-refractivity contribution is 7.18. The van der Waals surface area contributed by atoms with Crippen molar-refractivity contribution in [2.24, 2.45) is 0 Å². The van der Waals surface area contributed by atoms with E-state index in [9.17, 15) is 14.7 Å². The lowest BCUT2D eigenvalue weighted by Gasteiger charge is -2.29. The van der Waals surface area contributed by atoms with Gasteiger partial charge in [0.05, 0.1) is 27.2 Å². The van der Waals surface area contributed by atoms with Gasteiger partial charge < -0.3 is 15.2 Å². The second kappa shape index (κ2) is 8.50. The van der Waals surface area contributed by atoms with Gasteiger partial charge in [0.15, 0.2) is 6.04 Å². The Morgan fingerprint density at radius 3 is 2.50 bits per heavy atom. The third-order valence-corrected chi connectivity index (χ3v) is 5.73. The minimum absolute atomic E-state index is 0.104. The molecule has 0 aliphatic heterocycles. The molecular formula is C21H22N2O4S. The van der Waals surface area contributed by atoms with Crippen molar-refractivity contribution in [3.8, 4) is 0 Å². The normalized spacial score (nSPS) is 14.4. The second-order valence-electron chi connectivity index (χ2n) is 6.77. The lowest BCUT2D eigenvalue weighted by atomic mass is 9.78. The average Bonchev–Trinajstić information content (AvgIpc) is 3.10. The van der Waals surface area contributed by atoms with Crippen LogP contribution >= 0.6 is 11.3 Å². The number of hydrogen-bond donors (Lipinski definition) is 2. The molecule has 0 aliphatic carbocycles. The molecule has 1 aromatic heterocycles. The average molecular weight is 398 g/mol. The minimum Gasteiger partial charge on any atom is -0.480 e. The van der Waals surface area contributed by atoms with Crippen LogP contribution in [0.5, 0.6) is 0 Å². The van der Waals surface area contributed by atoms with Gasteiger partial charge in [0.2, 0.25) is 5.91 Å². The van der Waals surface area contributed by atoms with Crippen LogP contribution < -0.4 is 5.32 Å². The Morgan fingerprint density at radius 2 is 1.86 bits per heavy atom. The molecule has 28 heavy (non-hydrogen) atoms. The van der Waals surface area contributed by atoms with Crippen LogP contribution in [0, 0.1) is 0 Å². The van der Waals surface area contributed by atoms with Crippen LogP contribution in [0.25, 0.3) is 10.2 Å². The number of carboxylic acid groups (broad SMARTS) is 1. The second-order valence-corrected chi connectivity index (χ2v) is 7.89. The van der Waals surface area contributed by atoms with Crippen molar-refractivity contribution in [2.45, 2.75) is 24.8 Å². The summed E-state index contributed by atoms with van der Waals surface area (Å²) < 4.78 is 5.99. The molecule has 146 valence electrons. The Kier molecular flexibility index (Phi) is 6.06. The molecule has 2 N–H and O–H groups in total. The summed E-state index contributed by atoms with van der Waals surface area (Å²) >= 11 is 1.54. The number of thiazole rings is 1. The number of aromatic nitrogens is 1. The van der Waals surface area contributed by atoms with Gasteiger partial charge in [-0.3, -0.25) is 4.79 Å². The molecule has 0 spiro atoms. The summed E-state index contributed by atoms with van der Waals surface area (Å²) in [6.07, 6.45) is 0.363. The zero-order valence-corrected chi connectivity index (χ0v) is 16.5. The predicted octanol–water partition coefficient (Wildman–Crippen LogP) is 3.01. The highest BCUT2D eigenvalue weighted by Gasteiger charge is 2.38. The lowest BCUT2D eigenvalue weighted by Crippen LogP contribution is -2.52. The summed E-state index contributed by atoms with van der Waals surface area (Å²) in [5, 5.41) is 12.8. The Hall–Kier alpha value is -2.77. The number of hydrogen-bond acceptors (Lipinski definition) is 5. The van der Waals surface area contributed by atoms with Crippen LogP contribution in [-0.2, 0) is 26.2 Å². The SMILES string of the molecule is COCC(NC(=O)C(C)(Cc1nc2ccccc2s1)c1ccccc1)C(=O)O. The number of ether oxygens (including phenoxy) is 1. The van der Waals surface area contributed by atoms with E-state index in [1.165, 1.54) is 18.4 Å². The molecule has 0 aliphatic rings. The van der Waals surface area contributed by atoms with E-state index in [1.807, 2.05) is 61.5 Å². The first-order valence-electron chi connectivity index (χ1n) is 8.86. The number of carboxylic acids is 1. The third-order valence-electron chi connectivity index (χ3n) is 4.69. The van der Waals surface area contributed by atoms with Crippen LogP contribution in [-0.4, -0.2) is 41.7 Å². The zero-order valence-electron chi connectivity index (χ0n) is 15.7. The molecular weight excluding hydrogens is 376 g/mol. The molecule has 2 unspecified atom stereocenters. The fourth-order valence-electron chi connectivity index (χ4n) is 3.08. The van der Waals surface area contributed by atoms with Gasteiger partial charge >= 0.3 is 5.97 Å². The van der Waals surface area contributed by atoms with Crippen LogP contribution in [0.15, 0.2) is 54.6 Å². The van der Waals surface area contributed by atoms with Crippen LogP contribution in [0.4, 0.5) is 0 Å². The van der Waals surface area contributed by atoms with Crippen molar-refractivity contribution in [2.75, 3.05) is 13.7 Å². The van der Waals surface area contributed by atoms with Crippen molar-refractivity contribution in [1.29, 1.82) is 0 Å². The molecule has 0 radical (unpaired) electrons. The highest BCUT2D eigenvalue weighted by atomic mass is 32.1. The van der Waals surface area contributed by atoms with Crippen LogP contribution in [0.3, 0.4) is 0 Å². The van der Waals surface area contributed by atoms with Crippen molar-refractivity contribution in [3.05, 3.63) is 65.2 Å². The number of nitrogens with one attached hydrogen (secondary N) is 1. The van der Waals surface area contributed by atoms with Crippen molar-refractivity contribution >= 4 is 33.4 Å². The van der Waals surface area contributed by atoms with E-state index in [0.717, 1.165) is 20.8 Å². The monoisotopic (exact) mass is 398 g/mol. The number of aliphatic carboxylic acids is 1. The van der Waals surface area contributed by atoms with Gasteiger partial charge in [-0.25, -0.2) is 9.78 Å². The molecule has 0 saturated carbocycles. The first-order chi connectivity index (χ1) is 13.4. The molecule has 6 nitrogen and oxygen atoms in total. The number of methoxy groups -OCH3 is 1. The lowest BCUT2D eigenvalue weighted by molar-refractivity contribution is -0.144. The molecule has 0 fully saturated rings. The topological polar surface area (TPSA) is 88.5 Å². The smallest absolute Gasteiger partial charge is 0.328 e. The molecule has 3 rings (SSSR count). The number of para-hydroxylation sites is 1. The quantitative estimate of drug-likeness (QED) is 0.609. The largest absolute Gasteiger partial charge is 0.480 e. The molecule has 0 saturated heterocycles. The number of fused-ring (bicyclic) bond motifs is 1. The van der Waals surface area contributed by atoms with E-state index in [1.54, 1.807) is 0 Å². The van der Waals surface area contributed by atoms with Crippen molar-refractivity contribution < 1.29 is 19.4 Å². The van der Waals surface area contributed by atoms with Crippen molar-refractivity contribution in [3.63, 3.8) is 0 Å². The van der Waals surface area contributed by atoms with E-state index < -0.39 is 17.4 Å². The molecule has 0 bridgehead atoms. The number of amides is 1. The first-order valence-corrected chi connectivity index (χ1v) is 9.68. The van der Waals surface area contributed by atoms with E-state index >= 15 is 0 Å². The minimum atomic E-state index is -1.13. The summed E-state index contributed by atoms with van der Waals surface area (Å²) in [7, 11) is 1.40. The number of nitrogens with zero attached hydrogens (tertiary/aromatic N) is 1. The van der Waals surface area contributed by atoms with Gasteiger partial charge in [-0.05, 0) is 24.6 Å². The fraction of sp³-hybridized carbons (Fsp3) is 0.286. The molecule has 3 aromatic rings. The Bertz CT molecular complexity index is 940. The zero-order chi connectivity index (χ0) is 20.1. The maximum absolute atomic E-state index is 13.2. The molecule has 1 amide bonds. The van der Waals surface area contributed by atoms with Gasteiger partial charge in [-0.15, -0.1) is 11.3 Å². The van der Waals surface area contributed by atoms with Gasteiger partial charge in [0.1, 0.15) is 0 Å². The van der Waals surface area contributed by atoms with Gasteiger partial charge in [-0.1, -0.05) is 42.5 Å². The summed E-state index contributed by atoms with van der Waals surface area (Å²) in [4.78, 5) is 29.3. The maximum atomic E-state index is 13.2. The molecule has 2 atom stereocenters. The van der Waals surface area contributed by atoms with E-state index in [0.29, 0.717) is 6.42 Å². The Morgan fingerprint density at radius 1 is 1.18 bits per heavy atom. The van der Waals surface area contributed by atoms with Crippen LogP contribution in [0.2, 0.25) is 0 Å².